The summed E-state index contributed by atoms with van der Waals surface area (Å²) in [6, 6.07) is 19.3. The van der Waals surface area contributed by atoms with Crippen molar-refractivity contribution in [3.63, 3.8) is 0 Å². The second-order valence-electron chi connectivity index (χ2n) is 6.84. The Bertz CT molecular complexity index is 1320. The highest BCUT2D eigenvalue weighted by Crippen LogP contribution is 2.27. The summed E-state index contributed by atoms with van der Waals surface area (Å²) in [7, 11) is -2.31. The maximum atomic E-state index is 13.0. The van der Waals surface area contributed by atoms with Gasteiger partial charge in [-0.2, -0.15) is 9.40 Å². The monoisotopic (exact) mass is 440 g/mol. The highest BCUT2D eigenvalue weighted by molar-refractivity contribution is 7.91. The molecule has 2 aromatic heterocycles. The highest BCUT2D eigenvalue weighted by Gasteiger charge is 2.27. The Balaban J connectivity index is 1.75. The average molecular weight is 441 g/mol. The number of aryl methyl sites for hydroxylation is 1. The topological polar surface area (TPSA) is 88.1 Å². The first kappa shape index (κ1) is 20.3. The molecule has 7 nitrogen and oxygen atoms in total. The minimum absolute atomic E-state index is 0.0340. The molecule has 0 saturated carbocycles. The molecule has 0 unspecified atom stereocenters. The van der Waals surface area contributed by atoms with Gasteiger partial charge in [-0.1, -0.05) is 59.9 Å². The lowest BCUT2D eigenvalue weighted by Gasteiger charge is -2.16. The van der Waals surface area contributed by atoms with Crippen molar-refractivity contribution in [2.24, 2.45) is 0 Å². The number of nitrogens with zero attached hydrogens (tertiary/aromatic N) is 3. The van der Waals surface area contributed by atoms with Gasteiger partial charge in [0.15, 0.2) is 4.21 Å². The number of rotatable bonds is 6. The van der Waals surface area contributed by atoms with Crippen molar-refractivity contribution in [1.82, 2.24) is 19.1 Å². The molecule has 0 bridgehead atoms. The number of aromatic nitrogens is 3. The Kier molecular flexibility index (Phi) is 5.42. The third-order valence-corrected chi connectivity index (χ3v) is 8.06. The van der Waals surface area contributed by atoms with E-state index < -0.39 is 10.0 Å². The van der Waals surface area contributed by atoms with Gasteiger partial charge >= 0.3 is 4.87 Å². The Morgan fingerprint density at radius 3 is 2.30 bits per heavy atom. The number of para-hydroxylation sites is 1. The van der Waals surface area contributed by atoms with Gasteiger partial charge in [-0.15, -0.1) is 0 Å². The molecule has 2 heterocycles. The number of sulfonamides is 1. The second kappa shape index (κ2) is 8.02. The zero-order chi connectivity index (χ0) is 21.3. The lowest BCUT2D eigenvalue weighted by atomic mass is 10.1. The molecule has 0 radical (unpaired) electrons. The van der Waals surface area contributed by atoms with Gasteiger partial charge < -0.3 is 4.98 Å². The highest BCUT2D eigenvalue weighted by atomic mass is 32.2. The van der Waals surface area contributed by atoms with Crippen LogP contribution in [-0.2, 0) is 16.6 Å². The van der Waals surface area contributed by atoms with E-state index in [1.54, 1.807) is 11.6 Å². The molecule has 0 aliphatic carbocycles. The SMILES string of the molecule is Cc1[nH]c(=O)sc1S(=O)(=O)N(C)Cc1cn(-c2ccccc2)nc1-c1ccccc1. The van der Waals surface area contributed by atoms with Crippen molar-refractivity contribution in [3.05, 3.63) is 87.8 Å². The summed E-state index contributed by atoms with van der Waals surface area (Å²) in [5.41, 5.74) is 3.60. The largest absolute Gasteiger partial charge is 0.315 e. The molecule has 4 aromatic rings. The third-order valence-electron chi connectivity index (χ3n) is 4.68. The van der Waals surface area contributed by atoms with Crippen molar-refractivity contribution in [1.29, 1.82) is 0 Å². The van der Waals surface area contributed by atoms with Crippen LogP contribution in [0.1, 0.15) is 11.3 Å². The summed E-state index contributed by atoms with van der Waals surface area (Å²) in [5.74, 6) is 0. The van der Waals surface area contributed by atoms with E-state index in [9.17, 15) is 13.2 Å². The molecule has 30 heavy (non-hydrogen) atoms. The summed E-state index contributed by atoms with van der Waals surface area (Å²) in [4.78, 5) is 13.8. The number of nitrogens with one attached hydrogen (secondary N) is 1. The molecule has 154 valence electrons. The van der Waals surface area contributed by atoms with Crippen molar-refractivity contribution in [2.75, 3.05) is 7.05 Å². The van der Waals surface area contributed by atoms with Crippen LogP contribution in [0, 0.1) is 6.92 Å². The van der Waals surface area contributed by atoms with Gasteiger partial charge in [-0.3, -0.25) is 4.79 Å². The van der Waals surface area contributed by atoms with Crippen molar-refractivity contribution >= 4 is 21.4 Å². The first-order valence-corrected chi connectivity index (χ1v) is 11.5. The van der Waals surface area contributed by atoms with E-state index in [1.807, 2.05) is 66.9 Å². The molecule has 0 spiro atoms. The zero-order valence-corrected chi connectivity index (χ0v) is 18.1. The van der Waals surface area contributed by atoms with Gasteiger partial charge in [-0.05, 0) is 19.1 Å². The van der Waals surface area contributed by atoms with Gasteiger partial charge in [0.05, 0.1) is 11.4 Å². The Labute approximate surface area is 178 Å². The summed E-state index contributed by atoms with van der Waals surface area (Å²) in [6.07, 6.45) is 1.84. The molecule has 0 saturated heterocycles. The molecule has 4 rings (SSSR count). The zero-order valence-electron chi connectivity index (χ0n) is 16.4. The predicted octanol–water partition coefficient (Wildman–Crippen LogP) is 3.42. The lowest BCUT2D eigenvalue weighted by molar-refractivity contribution is 0.468. The number of aromatic amines is 1. The fraction of sp³-hybridized carbons (Fsp3) is 0.143. The molecular formula is C21H20N4O3S2. The second-order valence-corrected chi connectivity index (χ2v) is 10.1. The maximum Gasteiger partial charge on any atom is 0.305 e. The van der Waals surface area contributed by atoms with Gasteiger partial charge in [0.2, 0.25) is 0 Å². The number of H-pyrrole nitrogens is 1. The fourth-order valence-electron chi connectivity index (χ4n) is 3.18. The van der Waals surface area contributed by atoms with Crippen LogP contribution in [0.2, 0.25) is 0 Å². The van der Waals surface area contributed by atoms with E-state index >= 15 is 0 Å². The van der Waals surface area contributed by atoms with E-state index in [0.29, 0.717) is 22.7 Å². The normalized spacial score (nSPS) is 11.8. The number of benzene rings is 2. The number of thiazole rings is 1. The van der Waals surface area contributed by atoms with Gasteiger partial charge in [0.25, 0.3) is 10.0 Å². The molecule has 1 N–H and O–H groups in total. The van der Waals surface area contributed by atoms with E-state index in [-0.39, 0.29) is 15.6 Å². The van der Waals surface area contributed by atoms with Crippen LogP contribution in [0.25, 0.3) is 16.9 Å². The summed E-state index contributed by atoms with van der Waals surface area (Å²) in [5, 5.41) is 4.72. The number of hydrogen-bond acceptors (Lipinski definition) is 5. The summed E-state index contributed by atoms with van der Waals surface area (Å²) >= 11 is 0.701. The van der Waals surface area contributed by atoms with E-state index in [2.05, 4.69) is 4.98 Å². The number of hydrogen-bond donors (Lipinski definition) is 1. The molecule has 9 heteroatoms. The Morgan fingerprint density at radius 2 is 1.70 bits per heavy atom. The minimum Gasteiger partial charge on any atom is -0.315 e. The van der Waals surface area contributed by atoms with E-state index in [0.717, 1.165) is 16.8 Å². The standard InChI is InChI=1S/C21H20N4O3S2/c1-15-20(29-21(26)22-15)30(27,28)24(2)13-17-14-25(18-11-7-4-8-12-18)23-19(17)16-9-5-3-6-10-16/h3-12,14H,13H2,1-2H3,(H,22,26). The van der Waals surface area contributed by atoms with Crippen molar-refractivity contribution in [2.45, 2.75) is 17.7 Å². The predicted molar refractivity (Wildman–Crippen MR) is 117 cm³/mol. The van der Waals surface area contributed by atoms with Crippen LogP contribution >= 0.6 is 11.3 Å². The Morgan fingerprint density at radius 1 is 1.07 bits per heavy atom. The molecule has 0 aliphatic heterocycles. The van der Waals surface area contributed by atoms with E-state index in [4.69, 9.17) is 5.10 Å². The lowest BCUT2D eigenvalue weighted by Crippen LogP contribution is -2.26. The first-order chi connectivity index (χ1) is 14.4. The fourth-order valence-corrected chi connectivity index (χ4v) is 5.82. The quantitative estimate of drug-likeness (QED) is 0.498. The van der Waals surface area contributed by atoms with Crippen LogP contribution in [0.5, 0.6) is 0 Å². The molecule has 2 aromatic carbocycles. The van der Waals surface area contributed by atoms with Crippen LogP contribution < -0.4 is 4.87 Å². The maximum absolute atomic E-state index is 13.0. The Hall–Kier alpha value is -3.01. The third kappa shape index (κ3) is 3.87. The van der Waals surface area contributed by atoms with Gasteiger partial charge in [0.1, 0.15) is 0 Å². The van der Waals surface area contributed by atoms with Crippen molar-refractivity contribution < 1.29 is 8.42 Å². The van der Waals surface area contributed by atoms with Crippen LogP contribution in [0.15, 0.2) is 75.9 Å². The van der Waals surface area contributed by atoms with Crippen molar-refractivity contribution in [3.8, 4) is 16.9 Å². The molecular weight excluding hydrogens is 420 g/mol. The summed E-state index contributed by atoms with van der Waals surface area (Å²) in [6.45, 7) is 1.70. The molecule has 0 amide bonds. The molecule has 0 atom stereocenters. The van der Waals surface area contributed by atoms with Crippen LogP contribution in [0.3, 0.4) is 0 Å². The smallest absolute Gasteiger partial charge is 0.305 e. The van der Waals surface area contributed by atoms with E-state index in [1.165, 1.54) is 11.4 Å². The average Bonchev–Trinajstić information content (AvgIpc) is 3.32. The van der Waals surface area contributed by atoms with Gasteiger partial charge in [0, 0.05) is 36.6 Å². The molecule has 0 fully saturated rings. The molecule has 0 aliphatic rings. The first-order valence-electron chi connectivity index (χ1n) is 9.21. The summed E-state index contributed by atoms with van der Waals surface area (Å²) < 4.78 is 29.1. The minimum atomic E-state index is -3.82. The van der Waals surface area contributed by atoms with Crippen LogP contribution in [-0.4, -0.2) is 34.5 Å². The van der Waals surface area contributed by atoms with Crippen LogP contribution in [0.4, 0.5) is 0 Å². The van der Waals surface area contributed by atoms with Gasteiger partial charge in [-0.25, -0.2) is 13.1 Å².